The normalized spacial score (nSPS) is 10.3. The standard InChI is InChI=1S/C12H15N5O/c1-8-9(6-16-17(8)2)5-15-12(18)11-4-3-10(13)7-14-11/h3-4,6-7H,5,13H2,1-2H3,(H,15,18). The zero-order chi connectivity index (χ0) is 13.1. The summed E-state index contributed by atoms with van der Waals surface area (Å²) in [6.07, 6.45) is 3.20. The first kappa shape index (κ1) is 12.1. The lowest BCUT2D eigenvalue weighted by molar-refractivity contribution is 0.0946. The van der Waals surface area contributed by atoms with Gasteiger partial charge in [-0.2, -0.15) is 5.10 Å². The van der Waals surface area contributed by atoms with Crippen LogP contribution in [0.4, 0.5) is 5.69 Å². The smallest absolute Gasteiger partial charge is 0.270 e. The van der Waals surface area contributed by atoms with Crippen molar-refractivity contribution in [1.82, 2.24) is 20.1 Å². The van der Waals surface area contributed by atoms with Crippen molar-refractivity contribution < 1.29 is 4.79 Å². The number of amides is 1. The molecule has 94 valence electrons. The number of aryl methyl sites for hydroxylation is 1. The molecule has 18 heavy (non-hydrogen) atoms. The van der Waals surface area contributed by atoms with Crippen LogP contribution in [0.1, 0.15) is 21.7 Å². The summed E-state index contributed by atoms with van der Waals surface area (Å²) in [4.78, 5) is 15.8. The van der Waals surface area contributed by atoms with E-state index in [1.165, 1.54) is 6.20 Å². The van der Waals surface area contributed by atoms with E-state index in [0.717, 1.165) is 11.3 Å². The van der Waals surface area contributed by atoms with Crippen LogP contribution in [0.15, 0.2) is 24.5 Å². The second-order valence-corrected chi connectivity index (χ2v) is 4.04. The number of anilines is 1. The van der Waals surface area contributed by atoms with Crippen LogP contribution in [-0.2, 0) is 13.6 Å². The fraction of sp³-hybridized carbons (Fsp3) is 0.250. The largest absolute Gasteiger partial charge is 0.397 e. The molecule has 1 amide bonds. The molecule has 0 aromatic carbocycles. The van der Waals surface area contributed by atoms with Crippen molar-refractivity contribution in [1.29, 1.82) is 0 Å². The Morgan fingerprint density at radius 3 is 2.78 bits per heavy atom. The van der Waals surface area contributed by atoms with Gasteiger partial charge in [0.1, 0.15) is 5.69 Å². The highest BCUT2D eigenvalue weighted by Gasteiger charge is 2.08. The highest BCUT2D eigenvalue weighted by Crippen LogP contribution is 2.06. The molecule has 6 nitrogen and oxygen atoms in total. The predicted molar refractivity (Wildman–Crippen MR) is 67.8 cm³/mol. The minimum absolute atomic E-state index is 0.224. The maximum Gasteiger partial charge on any atom is 0.270 e. The number of nitrogens with zero attached hydrogens (tertiary/aromatic N) is 3. The Bertz CT molecular complexity index is 558. The van der Waals surface area contributed by atoms with Crippen molar-refractivity contribution in [3.05, 3.63) is 41.5 Å². The third kappa shape index (κ3) is 2.48. The Labute approximate surface area is 105 Å². The monoisotopic (exact) mass is 245 g/mol. The number of hydrogen-bond acceptors (Lipinski definition) is 4. The molecular weight excluding hydrogens is 230 g/mol. The summed E-state index contributed by atoms with van der Waals surface area (Å²) in [5.41, 5.74) is 8.41. The van der Waals surface area contributed by atoms with Crippen molar-refractivity contribution >= 4 is 11.6 Å². The Hall–Kier alpha value is -2.37. The van der Waals surface area contributed by atoms with Crippen molar-refractivity contribution in [3.8, 4) is 0 Å². The van der Waals surface area contributed by atoms with E-state index in [1.54, 1.807) is 23.0 Å². The van der Waals surface area contributed by atoms with E-state index in [-0.39, 0.29) is 5.91 Å². The van der Waals surface area contributed by atoms with Gasteiger partial charge in [0, 0.05) is 24.8 Å². The van der Waals surface area contributed by atoms with Crippen molar-refractivity contribution in [3.63, 3.8) is 0 Å². The van der Waals surface area contributed by atoms with E-state index in [2.05, 4.69) is 15.4 Å². The lowest BCUT2D eigenvalue weighted by Gasteiger charge is -2.04. The van der Waals surface area contributed by atoms with Crippen molar-refractivity contribution in [2.75, 3.05) is 5.73 Å². The van der Waals surface area contributed by atoms with Gasteiger partial charge >= 0.3 is 0 Å². The zero-order valence-corrected chi connectivity index (χ0v) is 10.3. The van der Waals surface area contributed by atoms with E-state index in [1.807, 2.05) is 14.0 Å². The SMILES string of the molecule is Cc1c(CNC(=O)c2ccc(N)cn2)cnn1C. The molecule has 0 fully saturated rings. The molecule has 0 spiro atoms. The van der Waals surface area contributed by atoms with Gasteiger partial charge in [0.15, 0.2) is 0 Å². The fourth-order valence-electron chi connectivity index (χ4n) is 1.52. The van der Waals surface area contributed by atoms with Gasteiger partial charge in [-0.05, 0) is 19.1 Å². The molecule has 0 saturated heterocycles. The van der Waals surface area contributed by atoms with Crippen LogP contribution in [-0.4, -0.2) is 20.7 Å². The first-order valence-electron chi connectivity index (χ1n) is 5.55. The summed E-state index contributed by atoms with van der Waals surface area (Å²) >= 11 is 0. The van der Waals surface area contributed by atoms with Gasteiger partial charge in [-0.3, -0.25) is 9.48 Å². The lowest BCUT2D eigenvalue weighted by atomic mass is 10.2. The van der Waals surface area contributed by atoms with Crippen LogP contribution in [0, 0.1) is 6.92 Å². The Kier molecular flexibility index (Phi) is 3.27. The molecule has 2 aromatic rings. The van der Waals surface area contributed by atoms with Gasteiger partial charge in [0.2, 0.25) is 0 Å². The van der Waals surface area contributed by atoms with Gasteiger partial charge in [0.25, 0.3) is 5.91 Å². The second-order valence-electron chi connectivity index (χ2n) is 4.04. The van der Waals surface area contributed by atoms with Crippen molar-refractivity contribution in [2.24, 2.45) is 7.05 Å². The van der Waals surface area contributed by atoms with E-state index < -0.39 is 0 Å². The summed E-state index contributed by atoms with van der Waals surface area (Å²) < 4.78 is 1.77. The fourth-order valence-corrected chi connectivity index (χ4v) is 1.52. The average molecular weight is 245 g/mol. The van der Waals surface area contributed by atoms with E-state index in [9.17, 15) is 4.79 Å². The number of nitrogens with two attached hydrogens (primary N) is 1. The molecule has 2 heterocycles. The van der Waals surface area contributed by atoms with E-state index >= 15 is 0 Å². The molecule has 3 N–H and O–H groups in total. The average Bonchev–Trinajstić information content (AvgIpc) is 2.68. The number of pyridine rings is 1. The summed E-state index contributed by atoms with van der Waals surface area (Å²) in [6.45, 7) is 2.39. The molecule has 0 aliphatic heterocycles. The molecule has 0 bridgehead atoms. The van der Waals surface area contributed by atoms with Gasteiger partial charge < -0.3 is 11.1 Å². The molecule has 0 saturated carbocycles. The van der Waals surface area contributed by atoms with E-state index in [0.29, 0.717) is 17.9 Å². The number of nitrogen functional groups attached to an aromatic ring is 1. The van der Waals surface area contributed by atoms with Gasteiger partial charge in [-0.15, -0.1) is 0 Å². The van der Waals surface area contributed by atoms with Crippen LogP contribution in [0.25, 0.3) is 0 Å². The minimum Gasteiger partial charge on any atom is -0.397 e. The molecule has 0 radical (unpaired) electrons. The number of carbonyl (C=O) groups excluding carboxylic acids is 1. The molecule has 0 atom stereocenters. The molecule has 2 aromatic heterocycles. The number of hydrogen-bond donors (Lipinski definition) is 2. The maximum absolute atomic E-state index is 11.8. The number of carbonyl (C=O) groups is 1. The Morgan fingerprint density at radius 1 is 1.44 bits per heavy atom. The van der Waals surface area contributed by atoms with Gasteiger partial charge in [-0.1, -0.05) is 0 Å². The Balaban J connectivity index is 2.00. The third-order valence-corrected chi connectivity index (χ3v) is 2.80. The van der Waals surface area contributed by atoms with Crippen LogP contribution in [0.2, 0.25) is 0 Å². The first-order chi connectivity index (χ1) is 8.58. The van der Waals surface area contributed by atoms with Crippen LogP contribution in [0.3, 0.4) is 0 Å². The molecule has 0 aliphatic rings. The highest BCUT2D eigenvalue weighted by atomic mass is 16.1. The number of nitrogens with one attached hydrogen (secondary N) is 1. The molecule has 0 aliphatic carbocycles. The molecule has 6 heteroatoms. The third-order valence-electron chi connectivity index (χ3n) is 2.80. The second kappa shape index (κ2) is 4.87. The molecular formula is C12H15N5O. The van der Waals surface area contributed by atoms with E-state index in [4.69, 9.17) is 5.73 Å². The first-order valence-corrected chi connectivity index (χ1v) is 5.55. The molecule has 0 unspecified atom stereocenters. The quantitative estimate of drug-likeness (QED) is 0.830. The van der Waals surface area contributed by atoms with Crippen LogP contribution < -0.4 is 11.1 Å². The summed E-state index contributed by atoms with van der Waals surface area (Å²) in [7, 11) is 1.86. The van der Waals surface area contributed by atoms with Crippen LogP contribution in [0.5, 0.6) is 0 Å². The summed E-state index contributed by atoms with van der Waals surface area (Å²) in [5, 5.41) is 6.90. The lowest BCUT2D eigenvalue weighted by Crippen LogP contribution is -2.24. The predicted octanol–water partition coefficient (Wildman–Crippen LogP) is 0.636. The van der Waals surface area contributed by atoms with Gasteiger partial charge in [0.05, 0.1) is 18.1 Å². The van der Waals surface area contributed by atoms with Crippen molar-refractivity contribution in [2.45, 2.75) is 13.5 Å². The van der Waals surface area contributed by atoms with Crippen LogP contribution >= 0.6 is 0 Å². The maximum atomic E-state index is 11.8. The Morgan fingerprint density at radius 2 is 2.22 bits per heavy atom. The summed E-state index contributed by atoms with van der Waals surface area (Å²) in [5.74, 6) is -0.224. The number of aromatic nitrogens is 3. The molecule has 2 rings (SSSR count). The minimum atomic E-state index is -0.224. The van der Waals surface area contributed by atoms with Gasteiger partial charge in [-0.25, -0.2) is 4.98 Å². The number of rotatable bonds is 3. The zero-order valence-electron chi connectivity index (χ0n) is 10.3. The topological polar surface area (TPSA) is 85.8 Å². The summed E-state index contributed by atoms with van der Waals surface area (Å²) in [6, 6.07) is 3.25. The highest BCUT2D eigenvalue weighted by molar-refractivity contribution is 5.92.